The minimum Gasteiger partial charge on any atom is -0.344 e. The van der Waals surface area contributed by atoms with Gasteiger partial charge in [0.05, 0.1) is 22.7 Å². The van der Waals surface area contributed by atoms with E-state index < -0.39 is 41.6 Å². The summed E-state index contributed by atoms with van der Waals surface area (Å²) in [6.07, 6.45) is -1.53. The summed E-state index contributed by atoms with van der Waals surface area (Å²) >= 11 is 1.46. The van der Waals surface area contributed by atoms with E-state index in [9.17, 15) is 23.2 Å². The van der Waals surface area contributed by atoms with Crippen LogP contribution in [-0.2, 0) is 20.8 Å². The summed E-state index contributed by atoms with van der Waals surface area (Å²) in [6, 6.07) is 12.9. The van der Waals surface area contributed by atoms with Gasteiger partial charge in [0.25, 0.3) is 5.91 Å². The standard InChI is InChI=1S/C25H22F2N4O3S/c1-14(28-21(32)12-15-10-16(26)13-17(27)11-15)24(33)30-23-25(34)31(2)19-7-4-3-6-18(19)22(29-23)20-8-5-9-35-20/h3-11,13-14,23H,12H2,1-2H3,(H,28,32)(H,30,33)/t14-,23?/m0/s1. The number of hydrogen-bond acceptors (Lipinski definition) is 5. The average Bonchev–Trinajstić information content (AvgIpc) is 3.31. The molecule has 35 heavy (non-hydrogen) atoms. The molecular weight excluding hydrogens is 474 g/mol. The Morgan fingerprint density at radius 2 is 1.83 bits per heavy atom. The van der Waals surface area contributed by atoms with Crippen molar-refractivity contribution in [3.8, 4) is 0 Å². The lowest BCUT2D eigenvalue weighted by Crippen LogP contribution is -2.52. The molecule has 0 fully saturated rings. The highest BCUT2D eigenvalue weighted by Gasteiger charge is 2.32. The monoisotopic (exact) mass is 496 g/mol. The predicted octanol–water partition coefficient (Wildman–Crippen LogP) is 3.03. The van der Waals surface area contributed by atoms with Gasteiger partial charge < -0.3 is 15.5 Å². The number of nitrogens with one attached hydrogen (secondary N) is 2. The molecular formula is C25H22F2N4O3S. The van der Waals surface area contributed by atoms with Gasteiger partial charge >= 0.3 is 0 Å². The van der Waals surface area contributed by atoms with Crippen LogP contribution in [0.1, 0.15) is 22.9 Å². The number of thiophene rings is 1. The third kappa shape index (κ3) is 5.43. The number of hydrogen-bond donors (Lipinski definition) is 2. The number of fused-ring (bicyclic) bond motifs is 1. The van der Waals surface area contributed by atoms with Gasteiger partial charge in [-0.05, 0) is 42.1 Å². The van der Waals surface area contributed by atoms with E-state index in [2.05, 4.69) is 15.6 Å². The molecule has 0 saturated carbocycles. The van der Waals surface area contributed by atoms with Crippen LogP contribution >= 0.6 is 11.3 Å². The zero-order valence-electron chi connectivity index (χ0n) is 18.9. The van der Waals surface area contributed by atoms with Crippen molar-refractivity contribution in [1.82, 2.24) is 10.6 Å². The molecule has 0 saturated heterocycles. The highest BCUT2D eigenvalue weighted by atomic mass is 32.1. The number of halogens is 2. The van der Waals surface area contributed by atoms with Crippen LogP contribution in [0.25, 0.3) is 0 Å². The third-order valence-electron chi connectivity index (χ3n) is 5.43. The maximum Gasteiger partial charge on any atom is 0.272 e. The van der Waals surface area contributed by atoms with Gasteiger partial charge in [-0.25, -0.2) is 13.8 Å². The smallest absolute Gasteiger partial charge is 0.272 e. The number of para-hydroxylation sites is 1. The molecule has 1 aliphatic rings. The Morgan fingerprint density at radius 3 is 2.51 bits per heavy atom. The molecule has 0 radical (unpaired) electrons. The normalized spacial score (nSPS) is 16.1. The molecule has 2 heterocycles. The SMILES string of the molecule is C[C@H](NC(=O)Cc1cc(F)cc(F)c1)C(=O)NC1N=C(c2cccs2)c2ccccc2N(C)C1=O. The number of benzene rings is 2. The Morgan fingerprint density at radius 1 is 1.11 bits per heavy atom. The molecule has 2 atom stereocenters. The van der Waals surface area contributed by atoms with Crippen LogP contribution in [0.4, 0.5) is 14.5 Å². The second kappa shape index (κ2) is 10.1. The summed E-state index contributed by atoms with van der Waals surface area (Å²) in [4.78, 5) is 45.2. The molecule has 180 valence electrons. The van der Waals surface area contributed by atoms with Crippen LogP contribution in [0.2, 0.25) is 0 Å². The molecule has 2 N–H and O–H groups in total. The van der Waals surface area contributed by atoms with E-state index in [1.54, 1.807) is 13.1 Å². The molecule has 1 unspecified atom stereocenters. The summed E-state index contributed by atoms with van der Waals surface area (Å²) in [5, 5.41) is 6.99. The van der Waals surface area contributed by atoms with Gasteiger partial charge in [-0.2, -0.15) is 0 Å². The number of carbonyl (C=O) groups excluding carboxylic acids is 3. The molecule has 1 aliphatic heterocycles. The Kier molecular flexibility index (Phi) is 7.02. The summed E-state index contributed by atoms with van der Waals surface area (Å²) in [7, 11) is 1.61. The zero-order valence-corrected chi connectivity index (χ0v) is 19.7. The van der Waals surface area contributed by atoms with E-state index >= 15 is 0 Å². The first-order chi connectivity index (χ1) is 16.7. The fraction of sp³-hybridized carbons (Fsp3) is 0.200. The molecule has 3 aromatic rings. The van der Waals surface area contributed by atoms with Crippen LogP contribution in [-0.4, -0.2) is 42.7 Å². The van der Waals surface area contributed by atoms with E-state index in [1.165, 1.54) is 23.2 Å². The van der Waals surface area contributed by atoms with Gasteiger partial charge in [-0.1, -0.05) is 24.3 Å². The van der Waals surface area contributed by atoms with Crippen LogP contribution in [0.15, 0.2) is 65.0 Å². The van der Waals surface area contributed by atoms with Crippen molar-refractivity contribution in [1.29, 1.82) is 0 Å². The second-order valence-corrected chi connectivity index (χ2v) is 8.97. The van der Waals surface area contributed by atoms with Crippen molar-refractivity contribution in [3.05, 3.63) is 87.6 Å². The molecule has 1 aromatic heterocycles. The van der Waals surface area contributed by atoms with Gasteiger partial charge in [0.1, 0.15) is 17.7 Å². The molecule has 0 spiro atoms. The van der Waals surface area contributed by atoms with E-state index in [0.29, 0.717) is 17.5 Å². The fourth-order valence-electron chi connectivity index (χ4n) is 3.74. The molecule has 10 heteroatoms. The topological polar surface area (TPSA) is 90.9 Å². The zero-order chi connectivity index (χ0) is 25.1. The number of amides is 3. The van der Waals surface area contributed by atoms with Crippen molar-refractivity contribution >= 4 is 40.5 Å². The number of benzodiazepines with no additional fused rings is 1. The van der Waals surface area contributed by atoms with Crippen molar-refractivity contribution < 1.29 is 23.2 Å². The van der Waals surface area contributed by atoms with E-state index in [1.807, 2.05) is 35.7 Å². The lowest BCUT2D eigenvalue weighted by molar-refractivity contribution is -0.130. The van der Waals surface area contributed by atoms with E-state index in [0.717, 1.165) is 22.6 Å². The van der Waals surface area contributed by atoms with Crippen LogP contribution in [0.5, 0.6) is 0 Å². The minimum atomic E-state index is -1.21. The van der Waals surface area contributed by atoms with Crippen LogP contribution in [0, 0.1) is 11.6 Å². The Hall–Kier alpha value is -3.92. The first-order valence-corrected chi connectivity index (χ1v) is 11.6. The summed E-state index contributed by atoms with van der Waals surface area (Å²) in [5.74, 6) is -3.26. The fourth-order valence-corrected chi connectivity index (χ4v) is 4.48. The van der Waals surface area contributed by atoms with Gasteiger partial charge in [0.15, 0.2) is 0 Å². The van der Waals surface area contributed by atoms with Gasteiger partial charge in [0.2, 0.25) is 18.0 Å². The molecule has 0 aliphatic carbocycles. The molecule has 0 bridgehead atoms. The molecule has 7 nitrogen and oxygen atoms in total. The highest BCUT2D eigenvalue weighted by Crippen LogP contribution is 2.28. The number of rotatable bonds is 6. The predicted molar refractivity (Wildman–Crippen MR) is 129 cm³/mol. The molecule has 3 amide bonds. The minimum absolute atomic E-state index is 0.135. The van der Waals surface area contributed by atoms with Crippen molar-refractivity contribution in [2.24, 2.45) is 4.99 Å². The molecule has 4 rings (SSSR count). The lowest BCUT2D eigenvalue weighted by atomic mass is 10.1. The maximum absolute atomic E-state index is 13.4. The summed E-state index contributed by atoms with van der Waals surface area (Å²) in [6.45, 7) is 1.45. The Labute approximate surface area is 204 Å². The number of anilines is 1. The first kappa shape index (κ1) is 24.2. The highest BCUT2D eigenvalue weighted by molar-refractivity contribution is 7.12. The number of aliphatic imine (C=N–C) groups is 1. The quantitative estimate of drug-likeness (QED) is 0.550. The van der Waals surface area contributed by atoms with Crippen molar-refractivity contribution in [2.75, 3.05) is 11.9 Å². The van der Waals surface area contributed by atoms with Crippen molar-refractivity contribution in [3.63, 3.8) is 0 Å². The van der Waals surface area contributed by atoms with Crippen LogP contribution < -0.4 is 15.5 Å². The number of carbonyl (C=O) groups is 3. The van der Waals surface area contributed by atoms with E-state index in [-0.39, 0.29) is 12.0 Å². The van der Waals surface area contributed by atoms with Crippen molar-refractivity contribution in [2.45, 2.75) is 25.6 Å². The number of likely N-dealkylation sites (N-methyl/N-ethyl adjacent to an activating group) is 1. The van der Waals surface area contributed by atoms with Gasteiger partial charge in [-0.15, -0.1) is 11.3 Å². The van der Waals surface area contributed by atoms with E-state index in [4.69, 9.17) is 0 Å². The summed E-state index contributed by atoms with van der Waals surface area (Å²) in [5.41, 5.74) is 2.12. The Balaban J connectivity index is 1.51. The maximum atomic E-state index is 13.4. The first-order valence-electron chi connectivity index (χ1n) is 10.8. The lowest BCUT2D eigenvalue weighted by Gasteiger charge is -2.22. The van der Waals surface area contributed by atoms with Gasteiger partial charge in [-0.3, -0.25) is 14.4 Å². The second-order valence-electron chi connectivity index (χ2n) is 8.02. The Bertz CT molecular complexity index is 1290. The van der Waals surface area contributed by atoms with Crippen LogP contribution in [0.3, 0.4) is 0 Å². The summed E-state index contributed by atoms with van der Waals surface area (Å²) < 4.78 is 26.8. The average molecular weight is 497 g/mol. The molecule has 2 aromatic carbocycles. The largest absolute Gasteiger partial charge is 0.344 e. The van der Waals surface area contributed by atoms with Gasteiger partial charge in [0, 0.05) is 18.7 Å². The third-order valence-corrected chi connectivity index (χ3v) is 6.31. The number of nitrogens with zero attached hydrogens (tertiary/aromatic N) is 2.